The summed E-state index contributed by atoms with van der Waals surface area (Å²) in [5.74, 6) is -0.359. The van der Waals surface area contributed by atoms with Crippen LogP contribution in [0.25, 0.3) is 0 Å². The molecule has 8 heteroatoms. The first kappa shape index (κ1) is 15.8. The molecule has 0 aliphatic rings. The quantitative estimate of drug-likeness (QED) is 0.510. The minimum Gasteiger partial charge on any atom is -0.211 e. The monoisotopic (exact) mass is 275 g/mol. The fourth-order valence-electron chi connectivity index (χ4n) is 1.27. The summed E-state index contributed by atoms with van der Waals surface area (Å²) in [6.45, 7) is 2.07. The molecule has 1 N–H and O–H groups in total. The molecule has 0 saturated heterocycles. The number of hydrogen-bond donors (Lipinski definition) is 1. The van der Waals surface area contributed by atoms with Gasteiger partial charge in [0, 0.05) is 0 Å². The van der Waals surface area contributed by atoms with E-state index in [1.165, 1.54) is 0 Å². The summed E-state index contributed by atoms with van der Waals surface area (Å²) in [4.78, 5) is 0. The van der Waals surface area contributed by atoms with Gasteiger partial charge in [-0.2, -0.15) is 8.42 Å². The van der Waals surface area contributed by atoms with Crippen LogP contribution in [-0.2, 0) is 20.4 Å². The van der Waals surface area contributed by atoms with Crippen molar-refractivity contribution in [3.63, 3.8) is 0 Å². The van der Waals surface area contributed by atoms with E-state index in [1.807, 2.05) is 0 Å². The van der Waals surface area contributed by atoms with E-state index in [9.17, 15) is 20.7 Å². The Morgan fingerprint density at radius 1 is 0.938 bits per heavy atom. The van der Waals surface area contributed by atoms with Gasteiger partial charge in [0.1, 0.15) is 0 Å². The van der Waals surface area contributed by atoms with Crippen molar-refractivity contribution in [1.82, 2.24) is 4.13 Å². The van der Waals surface area contributed by atoms with E-state index < -0.39 is 20.4 Å². The molecule has 0 spiro atoms. The largest absolute Gasteiger partial charge is 0.385 e. The zero-order valence-corrected chi connectivity index (χ0v) is 10.9. The van der Waals surface area contributed by atoms with Crippen LogP contribution in [0.4, 0.5) is 3.89 Å². The Bertz CT molecular complexity index is 377. The molecule has 0 aliphatic carbocycles. The van der Waals surface area contributed by atoms with E-state index in [2.05, 4.69) is 6.92 Å². The molecule has 0 atom stereocenters. The van der Waals surface area contributed by atoms with Gasteiger partial charge in [-0.1, -0.05) is 47.0 Å². The van der Waals surface area contributed by atoms with Crippen molar-refractivity contribution in [3.8, 4) is 0 Å². The average Bonchev–Trinajstić information content (AvgIpc) is 2.06. The van der Waals surface area contributed by atoms with Crippen LogP contribution in [-0.4, -0.2) is 22.6 Å². The summed E-state index contributed by atoms with van der Waals surface area (Å²) in [5, 5.41) is 0. The molecule has 16 heavy (non-hydrogen) atoms. The number of nitrogens with one attached hydrogen (secondary N) is 1. The Morgan fingerprint density at radius 2 is 1.44 bits per heavy atom. The number of hydrogen-bond acceptors (Lipinski definition) is 4. The van der Waals surface area contributed by atoms with Gasteiger partial charge in [0.15, 0.2) is 0 Å². The van der Waals surface area contributed by atoms with Crippen molar-refractivity contribution in [3.05, 3.63) is 0 Å². The van der Waals surface area contributed by atoms with Gasteiger partial charge < -0.3 is 0 Å². The molecule has 0 radical (unpaired) electrons. The molecule has 0 aromatic heterocycles. The van der Waals surface area contributed by atoms with E-state index in [0.29, 0.717) is 12.8 Å². The fraction of sp³-hybridized carbons (Fsp3) is 1.00. The maximum absolute atomic E-state index is 12.0. The number of halogens is 1. The van der Waals surface area contributed by atoms with E-state index in [-0.39, 0.29) is 5.75 Å². The lowest BCUT2D eigenvalue weighted by Gasteiger charge is -2.02. The molecule has 0 fully saturated rings. The molecule has 0 rings (SSSR count). The maximum Gasteiger partial charge on any atom is 0.385 e. The molecule has 0 saturated carbocycles. The third kappa shape index (κ3) is 10.3. The zero-order valence-electron chi connectivity index (χ0n) is 9.28. The summed E-state index contributed by atoms with van der Waals surface area (Å²) in [7, 11) is -9.22. The van der Waals surface area contributed by atoms with Gasteiger partial charge in [-0.25, -0.2) is 8.42 Å². The molecule has 5 nitrogen and oxygen atoms in total. The van der Waals surface area contributed by atoms with Crippen LogP contribution in [0.15, 0.2) is 0 Å². The van der Waals surface area contributed by atoms with Crippen molar-refractivity contribution in [2.75, 3.05) is 5.75 Å². The molecule has 98 valence electrons. The lowest BCUT2D eigenvalue weighted by molar-refractivity contribution is 0.541. The third-order valence-corrected chi connectivity index (χ3v) is 4.63. The van der Waals surface area contributed by atoms with E-state index >= 15 is 0 Å². The highest BCUT2D eigenvalue weighted by Gasteiger charge is 2.18. The Labute approximate surface area is 96.8 Å². The molecule has 0 aliphatic heterocycles. The van der Waals surface area contributed by atoms with E-state index in [1.54, 1.807) is 0 Å². The summed E-state index contributed by atoms with van der Waals surface area (Å²) in [6.07, 6.45) is 5.18. The summed E-state index contributed by atoms with van der Waals surface area (Å²) < 4.78 is 55.2. The first-order valence-electron chi connectivity index (χ1n) is 5.23. The number of unbranched alkanes of at least 4 members (excludes halogenated alkanes) is 5. The van der Waals surface area contributed by atoms with Gasteiger partial charge in [0.2, 0.25) is 10.0 Å². The van der Waals surface area contributed by atoms with Crippen LogP contribution in [0, 0.1) is 0 Å². The normalized spacial score (nSPS) is 12.9. The molecular formula is C8H18FNO4S2. The second-order valence-corrected chi connectivity index (χ2v) is 6.79. The van der Waals surface area contributed by atoms with Gasteiger partial charge in [-0.15, -0.1) is 0 Å². The van der Waals surface area contributed by atoms with Crippen molar-refractivity contribution < 1.29 is 20.7 Å². The SMILES string of the molecule is CCCCCCCCS(=O)(=O)NS(=O)(=O)F. The van der Waals surface area contributed by atoms with Crippen LogP contribution in [0.1, 0.15) is 45.4 Å². The highest BCUT2D eigenvalue weighted by Crippen LogP contribution is 2.06. The molecule has 0 heterocycles. The molecular weight excluding hydrogens is 257 g/mol. The Hall–Kier alpha value is -0.210. The van der Waals surface area contributed by atoms with Crippen molar-refractivity contribution >= 4 is 20.4 Å². The zero-order chi connectivity index (χ0) is 12.7. The lowest BCUT2D eigenvalue weighted by atomic mass is 10.1. The third-order valence-electron chi connectivity index (χ3n) is 1.99. The second-order valence-electron chi connectivity index (χ2n) is 3.61. The molecule has 0 amide bonds. The van der Waals surface area contributed by atoms with Crippen LogP contribution in [0.3, 0.4) is 0 Å². The van der Waals surface area contributed by atoms with Crippen LogP contribution < -0.4 is 4.13 Å². The van der Waals surface area contributed by atoms with E-state index in [0.717, 1.165) is 29.8 Å². The highest BCUT2D eigenvalue weighted by molar-refractivity contribution is 8.02. The van der Waals surface area contributed by atoms with Crippen molar-refractivity contribution in [2.45, 2.75) is 45.4 Å². The van der Waals surface area contributed by atoms with Gasteiger partial charge in [-0.3, -0.25) is 0 Å². The molecule has 0 bridgehead atoms. The first-order valence-corrected chi connectivity index (χ1v) is 8.26. The van der Waals surface area contributed by atoms with Gasteiger partial charge in [0.05, 0.1) is 5.75 Å². The lowest BCUT2D eigenvalue weighted by Crippen LogP contribution is -2.29. The van der Waals surface area contributed by atoms with Crippen molar-refractivity contribution in [2.24, 2.45) is 0 Å². The molecule has 0 aromatic carbocycles. The van der Waals surface area contributed by atoms with Gasteiger partial charge in [0.25, 0.3) is 0 Å². The molecule has 0 aromatic rings. The number of sulfonamides is 1. The highest BCUT2D eigenvalue weighted by atomic mass is 32.3. The predicted octanol–water partition coefficient (Wildman–Crippen LogP) is 1.48. The maximum atomic E-state index is 12.0. The molecule has 0 unspecified atom stereocenters. The van der Waals surface area contributed by atoms with E-state index in [4.69, 9.17) is 0 Å². The van der Waals surface area contributed by atoms with Crippen LogP contribution in [0.2, 0.25) is 0 Å². The van der Waals surface area contributed by atoms with Gasteiger partial charge >= 0.3 is 10.4 Å². The van der Waals surface area contributed by atoms with Crippen LogP contribution in [0.5, 0.6) is 0 Å². The predicted molar refractivity (Wildman–Crippen MR) is 60.3 cm³/mol. The minimum absolute atomic E-state index is 0.342. The topological polar surface area (TPSA) is 80.3 Å². The Kier molecular flexibility index (Phi) is 7.09. The minimum atomic E-state index is -5.17. The summed E-state index contributed by atoms with van der Waals surface area (Å²) >= 11 is 0. The summed E-state index contributed by atoms with van der Waals surface area (Å²) in [5.41, 5.74) is 0. The van der Waals surface area contributed by atoms with Crippen molar-refractivity contribution in [1.29, 1.82) is 0 Å². The fourth-order valence-corrected chi connectivity index (χ4v) is 3.40. The van der Waals surface area contributed by atoms with Crippen LogP contribution >= 0.6 is 0 Å². The summed E-state index contributed by atoms with van der Waals surface area (Å²) in [6, 6.07) is 0. The Balaban J connectivity index is 3.76. The average molecular weight is 275 g/mol. The Morgan fingerprint density at radius 3 is 1.94 bits per heavy atom. The smallest absolute Gasteiger partial charge is 0.211 e. The first-order chi connectivity index (χ1) is 7.27. The standard InChI is InChI=1S/C8H18FNO4S2/c1-2-3-4-5-6-7-8-15(11,12)10-16(9,13)14/h10H,2-8H2,1H3. The number of rotatable bonds is 9. The second kappa shape index (κ2) is 7.18. The van der Waals surface area contributed by atoms with Gasteiger partial charge in [-0.05, 0) is 6.42 Å².